The molecule has 1 atom stereocenters. The van der Waals surface area contributed by atoms with Crippen molar-refractivity contribution in [2.45, 2.75) is 30.2 Å². The first-order chi connectivity index (χ1) is 7.86. The van der Waals surface area contributed by atoms with Crippen molar-refractivity contribution in [1.29, 1.82) is 0 Å². The van der Waals surface area contributed by atoms with Gasteiger partial charge in [-0.25, -0.2) is 0 Å². The van der Waals surface area contributed by atoms with E-state index in [0.29, 0.717) is 6.04 Å². The van der Waals surface area contributed by atoms with Crippen LogP contribution < -0.4 is 10.1 Å². The van der Waals surface area contributed by atoms with Crippen LogP contribution in [0.1, 0.15) is 30.9 Å². The van der Waals surface area contributed by atoms with Gasteiger partial charge >= 0.3 is 0 Å². The first kappa shape index (κ1) is 11.8. The molecule has 0 aliphatic carbocycles. The number of benzene rings is 1. The average Bonchev–Trinajstić information content (AvgIpc) is 2.38. The maximum atomic E-state index is 5.49. The van der Waals surface area contributed by atoms with E-state index in [-0.39, 0.29) is 0 Å². The molecule has 2 nitrogen and oxygen atoms in total. The van der Waals surface area contributed by atoms with Crippen LogP contribution in [0.2, 0.25) is 0 Å². The van der Waals surface area contributed by atoms with Gasteiger partial charge in [-0.05, 0) is 37.8 Å². The van der Waals surface area contributed by atoms with E-state index < -0.39 is 0 Å². The molecule has 0 spiro atoms. The molecule has 1 heterocycles. The summed E-state index contributed by atoms with van der Waals surface area (Å²) < 4.78 is 5.49. The molecule has 1 aromatic rings. The number of hydrogen-bond donors (Lipinski definition) is 1. The predicted octanol–water partition coefficient (Wildman–Crippen LogP) is 3.23. The Morgan fingerprint density at radius 2 is 2.25 bits per heavy atom. The standard InChI is InChI=1S/C13H19NOS/c1-15-11-7-5-8-12(16-2)13(11)10-6-3-4-9-14-10/h5,7-8,10,14H,3-4,6,9H2,1-2H3. The fraction of sp³-hybridized carbons (Fsp3) is 0.538. The van der Waals surface area contributed by atoms with Crippen molar-refractivity contribution < 1.29 is 4.74 Å². The van der Waals surface area contributed by atoms with Crippen LogP contribution in [0.5, 0.6) is 5.75 Å². The number of piperidine rings is 1. The van der Waals surface area contributed by atoms with Gasteiger partial charge in [-0.15, -0.1) is 11.8 Å². The number of thioether (sulfide) groups is 1. The Kier molecular flexibility index (Phi) is 4.13. The zero-order chi connectivity index (χ0) is 11.4. The Morgan fingerprint density at radius 3 is 2.88 bits per heavy atom. The second-order valence-electron chi connectivity index (χ2n) is 4.08. The van der Waals surface area contributed by atoms with Gasteiger partial charge in [0.05, 0.1) is 7.11 Å². The summed E-state index contributed by atoms with van der Waals surface area (Å²) in [5.41, 5.74) is 1.34. The van der Waals surface area contributed by atoms with Crippen molar-refractivity contribution in [2.75, 3.05) is 19.9 Å². The van der Waals surface area contributed by atoms with Crippen molar-refractivity contribution in [1.82, 2.24) is 5.32 Å². The van der Waals surface area contributed by atoms with Gasteiger partial charge in [0.15, 0.2) is 0 Å². The second-order valence-corrected chi connectivity index (χ2v) is 4.93. The summed E-state index contributed by atoms with van der Waals surface area (Å²) >= 11 is 1.80. The molecule has 1 aliphatic heterocycles. The fourth-order valence-electron chi connectivity index (χ4n) is 2.32. The highest BCUT2D eigenvalue weighted by Crippen LogP contribution is 2.37. The molecule has 1 aromatic carbocycles. The summed E-state index contributed by atoms with van der Waals surface area (Å²) in [6.07, 6.45) is 5.94. The number of ether oxygens (including phenoxy) is 1. The molecule has 0 aromatic heterocycles. The van der Waals surface area contributed by atoms with Gasteiger partial charge in [-0.1, -0.05) is 12.5 Å². The molecular weight excluding hydrogens is 218 g/mol. The third-order valence-corrected chi connectivity index (χ3v) is 3.92. The molecule has 0 amide bonds. The first-order valence-electron chi connectivity index (χ1n) is 5.81. The zero-order valence-electron chi connectivity index (χ0n) is 9.95. The Labute approximate surface area is 102 Å². The largest absolute Gasteiger partial charge is 0.496 e. The van der Waals surface area contributed by atoms with Crippen LogP contribution in [-0.4, -0.2) is 19.9 Å². The lowest BCUT2D eigenvalue weighted by atomic mass is 9.97. The van der Waals surface area contributed by atoms with Crippen LogP contribution in [0.15, 0.2) is 23.1 Å². The van der Waals surface area contributed by atoms with E-state index in [9.17, 15) is 0 Å². The van der Waals surface area contributed by atoms with E-state index >= 15 is 0 Å². The zero-order valence-corrected chi connectivity index (χ0v) is 10.8. The molecule has 0 bridgehead atoms. The molecule has 1 aliphatic rings. The molecule has 1 saturated heterocycles. The molecule has 88 valence electrons. The quantitative estimate of drug-likeness (QED) is 0.816. The molecular formula is C13H19NOS. The molecule has 0 saturated carbocycles. The number of methoxy groups -OCH3 is 1. The summed E-state index contributed by atoms with van der Waals surface area (Å²) in [5, 5.41) is 3.59. The molecule has 1 unspecified atom stereocenters. The van der Waals surface area contributed by atoms with Crippen molar-refractivity contribution in [2.24, 2.45) is 0 Å². The van der Waals surface area contributed by atoms with Gasteiger partial charge in [-0.2, -0.15) is 0 Å². The van der Waals surface area contributed by atoms with Gasteiger partial charge in [0.2, 0.25) is 0 Å². The summed E-state index contributed by atoms with van der Waals surface area (Å²) in [5.74, 6) is 1.02. The Hall–Kier alpha value is -0.670. The van der Waals surface area contributed by atoms with Gasteiger partial charge in [0.25, 0.3) is 0 Å². The lowest BCUT2D eigenvalue weighted by Crippen LogP contribution is -2.27. The van der Waals surface area contributed by atoms with Crippen LogP contribution in [-0.2, 0) is 0 Å². The highest BCUT2D eigenvalue weighted by Gasteiger charge is 2.21. The lowest BCUT2D eigenvalue weighted by Gasteiger charge is -2.27. The van der Waals surface area contributed by atoms with Crippen molar-refractivity contribution in [3.8, 4) is 5.75 Å². The predicted molar refractivity (Wildman–Crippen MR) is 69.4 cm³/mol. The van der Waals surface area contributed by atoms with E-state index in [0.717, 1.165) is 12.3 Å². The third-order valence-electron chi connectivity index (χ3n) is 3.12. The Morgan fingerprint density at radius 1 is 1.38 bits per heavy atom. The number of hydrogen-bond acceptors (Lipinski definition) is 3. The van der Waals surface area contributed by atoms with Crippen LogP contribution in [0.3, 0.4) is 0 Å². The van der Waals surface area contributed by atoms with Gasteiger partial charge in [-0.3, -0.25) is 0 Å². The molecule has 16 heavy (non-hydrogen) atoms. The molecule has 3 heteroatoms. The highest BCUT2D eigenvalue weighted by atomic mass is 32.2. The maximum absolute atomic E-state index is 5.49. The minimum atomic E-state index is 0.465. The van der Waals surface area contributed by atoms with Crippen molar-refractivity contribution in [3.05, 3.63) is 23.8 Å². The van der Waals surface area contributed by atoms with E-state index in [1.54, 1.807) is 18.9 Å². The van der Waals surface area contributed by atoms with Gasteiger partial charge < -0.3 is 10.1 Å². The van der Waals surface area contributed by atoms with E-state index in [1.165, 1.54) is 29.7 Å². The smallest absolute Gasteiger partial charge is 0.124 e. The van der Waals surface area contributed by atoms with Gasteiger partial charge in [0.1, 0.15) is 5.75 Å². The monoisotopic (exact) mass is 237 g/mol. The normalized spacial score (nSPS) is 20.8. The highest BCUT2D eigenvalue weighted by molar-refractivity contribution is 7.98. The van der Waals surface area contributed by atoms with Crippen molar-refractivity contribution >= 4 is 11.8 Å². The number of rotatable bonds is 3. The number of nitrogens with one attached hydrogen (secondary N) is 1. The Bertz CT molecular complexity index is 326. The van der Waals surface area contributed by atoms with Crippen LogP contribution in [0.25, 0.3) is 0 Å². The summed E-state index contributed by atoms with van der Waals surface area (Å²) in [6.45, 7) is 1.12. The van der Waals surface area contributed by atoms with Crippen LogP contribution >= 0.6 is 11.8 Å². The first-order valence-corrected chi connectivity index (χ1v) is 7.03. The second kappa shape index (κ2) is 5.60. The molecule has 0 radical (unpaired) electrons. The maximum Gasteiger partial charge on any atom is 0.124 e. The van der Waals surface area contributed by atoms with E-state index in [4.69, 9.17) is 4.74 Å². The summed E-state index contributed by atoms with van der Waals surface area (Å²) in [6, 6.07) is 6.77. The van der Waals surface area contributed by atoms with Crippen LogP contribution in [0, 0.1) is 0 Å². The molecule has 1 fully saturated rings. The fourth-order valence-corrected chi connectivity index (χ4v) is 3.00. The lowest BCUT2D eigenvalue weighted by molar-refractivity contribution is 0.369. The molecule has 1 N–H and O–H groups in total. The van der Waals surface area contributed by atoms with E-state index in [1.807, 2.05) is 0 Å². The minimum absolute atomic E-state index is 0.465. The average molecular weight is 237 g/mol. The Balaban J connectivity index is 2.34. The molecule has 2 rings (SSSR count). The topological polar surface area (TPSA) is 21.3 Å². The van der Waals surface area contributed by atoms with E-state index in [2.05, 4.69) is 29.8 Å². The SMILES string of the molecule is COc1cccc(SC)c1C1CCCCN1. The van der Waals surface area contributed by atoms with Gasteiger partial charge in [0, 0.05) is 16.5 Å². The minimum Gasteiger partial charge on any atom is -0.496 e. The summed E-state index contributed by atoms with van der Waals surface area (Å²) in [7, 11) is 1.76. The van der Waals surface area contributed by atoms with Crippen LogP contribution in [0.4, 0.5) is 0 Å². The summed E-state index contributed by atoms with van der Waals surface area (Å²) in [4.78, 5) is 1.33. The third kappa shape index (κ3) is 2.36. The van der Waals surface area contributed by atoms with Crippen molar-refractivity contribution in [3.63, 3.8) is 0 Å².